The number of carbonyl (C=O) groups excluding carboxylic acids is 2. The van der Waals surface area contributed by atoms with Crippen molar-refractivity contribution in [1.82, 2.24) is 14.8 Å². The van der Waals surface area contributed by atoms with Gasteiger partial charge in [-0.1, -0.05) is 30.3 Å². The summed E-state index contributed by atoms with van der Waals surface area (Å²) in [7, 11) is 6.29. The number of nitrogens with one attached hydrogen (secondary N) is 1. The lowest BCUT2D eigenvalue weighted by Crippen LogP contribution is -2.44. The molecular formula is C32H37N3O6. The second kappa shape index (κ2) is 14.2. The van der Waals surface area contributed by atoms with E-state index in [1.165, 1.54) is 4.90 Å². The Morgan fingerprint density at radius 1 is 0.805 bits per heavy atom. The summed E-state index contributed by atoms with van der Waals surface area (Å²) in [6.07, 6.45) is 2.63. The van der Waals surface area contributed by atoms with Crippen molar-refractivity contribution in [3.8, 4) is 17.2 Å². The van der Waals surface area contributed by atoms with Crippen LogP contribution in [0.5, 0.6) is 17.2 Å². The molecule has 0 saturated heterocycles. The molecule has 0 bridgehead atoms. The first-order chi connectivity index (χ1) is 20.0. The summed E-state index contributed by atoms with van der Waals surface area (Å²) in [5.74, 6) is 1.33. The highest BCUT2D eigenvalue weighted by molar-refractivity contribution is 5.97. The summed E-state index contributed by atoms with van der Waals surface area (Å²) < 4.78 is 21.4. The quantitative estimate of drug-likeness (QED) is 0.244. The largest absolute Gasteiger partial charge is 0.497 e. The van der Waals surface area contributed by atoms with Crippen LogP contribution in [0.1, 0.15) is 21.5 Å². The molecule has 0 saturated carbocycles. The summed E-state index contributed by atoms with van der Waals surface area (Å²) in [6.45, 7) is 1.27. The van der Waals surface area contributed by atoms with Crippen LogP contribution in [0.2, 0.25) is 0 Å². The number of H-pyrrole nitrogens is 1. The van der Waals surface area contributed by atoms with Crippen LogP contribution in [-0.4, -0.2) is 81.3 Å². The van der Waals surface area contributed by atoms with Gasteiger partial charge in [-0.15, -0.1) is 0 Å². The third-order valence-corrected chi connectivity index (χ3v) is 7.00. The Balaban J connectivity index is 1.58. The standard InChI is InChI=1S/C32H37N3O6/c1-38-17-16-35(32(37)24-8-7-9-26(19-24)39-2)22-31(36)34(21-23-12-13-29(40-3)30(18-23)41-4)15-14-25-20-33-28-11-6-5-10-27(25)28/h5-13,18-20,33H,14-17,21-22H2,1-4H3. The maximum Gasteiger partial charge on any atom is 0.254 e. The molecule has 4 rings (SSSR count). The predicted molar refractivity (Wildman–Crippen MR) is 158 cm³/mol. The van der Waals surface area contributed by atoms with Gasteiger partial charge in [0.2, 0.25) is 5.91 Å². The second-order valence-corrected chi connectivity index (χ2v) is 9.57. The molecule has 2 amide bonds. The van der Waals surface area contributed by atoms with Gasteiger partial charge in [-0.25, -0.2) is 0 Å². The number of ether oxygens (including phenoxy) is 4. The molecule has 4 aromatic rings. The maximum atomic E-state index is 13.9. The van der Waals surface area contributed by atoms with Gasteiger partial charge in [-0.3, -0.25) is 9.59 Å². The third-order valence-electron chi connectivity index (χ3n) is 7.00. The van der Waals surface area contributed by atoms with Crippen LogP contribution in [0.25, 0.3) is 10.9 Å². The molecule has 3 aromatic carbocycles. The van der Waals surface area contributed by atoms with Crippen LogP contribution in [-0.2, 0) is 22.5 Å². The number of nitrogens with zero attached hydrogens (tertiary/aromatic N) is 2. The number of hydrogen-bond donors (Lipinski definition) is 1. The normalized spacial score (nSPS) is 10.8. The highest BCUT2D eigenvalue weighted by atomic mass is 16.5. The molecule has 0 spiro atoms. The van der Waals surface area contributed by atoms with E-state index in [1.54, 1.807) is 57.6 Å². The average molecular weight is 560 g/mol. The Hall–Kier alpha value is -4.50. The van der Waals surface area contributed by atoms with Gasteiger partial charge in [0.25, 0.3) is 5.91 Å². The number of amides is 2. The Labute approximate surface area is 240 Å². The minimum absolute atomic E-state index is 0.0966. The first-order valence-corrected chi connectivity index (χ1v) is 13.4. The summed E-state index contributed by atoms with van der Waals surface area (Å²) in [5, 5.41) is 1.13. The van der Waals surface area contributed by atoms with Crippen molar-refractivity contribution in [3.63, 3.8) is 0 Å². The van der Waals surface area contributed by atoms with Crippen molar-refractivity contribution in [1.29, 1.82) is 0 Å². The zero-order chi connectivity index (χ0) is 29.2. The first kappa shape index (κ1) is 29.5. The number of benzene rings is 3. The number of aromatic amines is 1. The van der Waals surface area contributed by atoms with E-state index in [-0.39, 0.29) is 24.9 Å². The van der Waals surface area contributed by atoms with Gasteiger partial charge in [-0.05, 0) is 53.9 Å². The lowest BCUT2D eigenvalue weighted by atomic mass is 10.1. The molecule has 9 nitrogen and oxygen atoms in total. The van der Waals surface area contributed by atoms with Gasteiger partial charge < -0.3 is 33.7 Å². The lowest BCUT2D eigenvalue weighted by Gasteiger charge is -2.28. The second-order valence-electron chi connectivity index (χ2n) is 9.57. The van der Waals surface area contributed by atoms with E-state index in [9.17, 15) is 9.59 Å². The van der Waals surface area contributed by atoms with Crippen LogP contribution in [0, 0.1) is 0 Å². The number of rotatable bonds is 14. The van der Waals surface area contributed by atoms with Crippen LogP contribution in [0.3, 0.4) is 0 Å². The van der Waals surface area contributed by atoms with Crippen molar-refractivity contribution in [2.24, 2.45) is 0 Å². The molecule has 1 heterocycles. The van der Waals surface area contributed by atoms with E-state index in [2.05, 4.69) is 11.1 Å². The molecule has 1 N–H and O–H groups in total. The predicted octanol–water partition coefficient (Wildman–Crippen LogP) is 4.55. The number of aromatic nitrogens is 1. The van der Waals surface area contributed by atoms with Crippen molar-refractivity contribution in [2.45, 2.75) is 13.0 Å². The van der Waals surface area contributed by atoms with Gasteiger partial charge >= 0.3 is 0 Å². The molecule has 0 aliphatic carbocycles. The molecule has 0 aliphatic heterocycles. The first-order valence-electron chi connectivity index (χ1n) is 13.4. The number of carbonyl (C=O) groups is 2. The average Bonchev–Trinajstić information content (AvgIpc) is 3.43. The molecule has 216 valence electrons. The van der Waals surface area contributed by atoms with Crippen molar-refractivity contribution in [3.05, 3.63) is 89.6 Å². The Kier molecular flexibility index (Phi) is 10.2. The van der Waals surface area contributed by atoms with Crippen molar-refractivity contribution < 1.29 is 28.5 Å². The monoisotopic (exact) mass is 559 g/mol. The molecule has 0 atom stereocenters. The van der Waals surface area contributed by atoms with E-state index < -0.39 is 0 Å². The SMILES string of the molecule is COCCN(CC(=O)N(CCc1c[nH]c2ccccc12)Cc1ccc(OC)c(OC)c1)C(=O)c1cccc(OC)c1. The molecule has 0 aliphatic rings. The highest BCUT2D eigenvalue weighted by Crippen LogP contribution is 2.28. The Bertz CT molecular complexity index is 1470. The fraction of sp³-hybridized carbons (Fsp3) is 0.312. The molecule has 41 heavy (non-hydrogen) atoms. The zero-order valence-corrected chi connectivity index (χ0v) is 24.0. The van der Waals surface area contributed by atoms with E-state index in [1.807, 2.05) is 42.6 Å². The van der Waals surface area contributed by atoms with Gasteiger partial charge in [0.05, 0.1) is 27.9 Å². The molecule has 1 aromatic heterocycles. The Morgan fingerprint density at radius 2 is 1.61 bits per heavy atom. The molecule has 0 unspecified atom stereocenters. The van der Waals surface area contributed by atoms with Gasteiger partial charge in [0.15, 0.2) is 11.5 Å². The highest BCUT2D eigenvalue weighted by Gasteiger charge is 2.23. The van der Waals surface area contributed by atoms with Crippen LogP contribution in [0.15, 0.2) is 72.9 Å². The minimum Gasteiger partial charge on any atom is -0.497 e. The van der Waals surface area contributed by atoms with Crippen LogP contribution < -0.4 is 14.2 Å². The molecule has 0 radical (unpaired) electrons. The van der Waals surface area contributed by atoms with E-state index in [4.69, 9.17) is 18.9 Å². The van der Waals surface area contributed by atoms with Crippen molar-refractivity contribution >= 4 is 22.7 Å². The maximum absolute atomic E-state index is 13.9. The number of fused-ring (bicyclic) bond motifs is 1. The summed E-state index contributed by atoms with van der Waals surface area (Å²) in [4.78, 5) is 34.0. The van der Waals surface area contributed by atoms with Crippen molar-refractivity contribution in [2.75, 3.05) is 54.7 Å². The van der Waals surface area contributed by atoms with E-state index >= 15 is 0 Å². The number of para-hydroxylation sites is 1. The number of hydrogen-bond acceptors (Lipinski definition) is 6. The molecule has 0 fully saturated rings. The topological polar surface area (TPSA) is 93.3 Å². The van der Waals surface area contributed by atoms with Crippen LogP contribution >= 0.6 is 0 Å². The molecular weight excluding hydrogens is 522 g/mol. The fourth-order valence-corrected chi connectivity index (χ4v) is 4.74. The smallest absolute Gasteiger partial charge is 0.254 e. The van der Waals surface area contributed by atoms with Gasteiger partial charge in [0, 0.05) is 49.4 Å². The minimum atomic E-state index is -0.267. The third kappa shape index (κ3) is 7.37. The van der Waals surface area contributed by atoms with Gasteiger partial charge in [-0.2, -0.15) is 0 Å². The summed E-state index contributed by atoms with van der Waals surface area (Å²) in [6, 6.07) is 20.6. The van der Waals surface area contributed by atoms with Gasteiger partial charge in [0.1, 0.15) is 12.3 Å². The summed E-state index contributed by atoms with van der Waals surface area (Å²) >= 11 is 0. The lowest BCUT2D eigenvalue weighted by molar-refractivity contribution is -0.132. The fourth-order valence-electron chi connectivity index (χ4n) is 4.74. The van der Waals surface area contributed by atoms with Crippen LogP contribution in [0.4, 0.5) is 0 Å². The molecule has 9 heteroatoms. The number of methoxy groups -OCH3 is 4. The van der Waals surface area contributed by atoms with E-state index in [0.29, 0.717) is 48.9 Å². The van der Waals surface area contributed by atoms with E-state index in [0.717, 1.165) is 22.0 Å². The summed E-state index contributed by atoms with van der Waals surface area (Å²) in [5.41, 5.74) is 3.50. The zero-order valence-electron chi connectivity index (χ0n) is 24.0. The Morgan fingerprint density at radius 3 is 2.37 bits per heavy atom.